The number of esters is 1. The molecule has 1 aliphatic rings. The van der Waals surface area contributed by atoms with Gasteiger partial charge in [-0.1, -0.05) is 24.9 Å². The van der Waals surface area contributed by atoms with E-state index >= 15 is 0 Å². The van der Waals surface area contributed by atoms with Gasteiger partial charge in [0.15, 0.2) is 0 Å². The number of ether oxygens (including phenoxy) is 1. The van der Waals surface area contributed by atoms with Gasteiger partial charge >= 0.3 is 5.97 Å². The molecular weight excluding hydrogens is 170 g/mol. The Morgan fingerprint density at radius 2 is 2.54 bits per heavy atom. The van der Waals surface area contributed by atoms with Gasteiger partial charge in [-0.3, -0.25) is 4.79 Å². The standard InChI is InChI=1S/C8H13N3O2/c1-2-3-4-6-5-7(10-11-9)8(12)13-6/h6-7H,2-5H2,1H3. The van der Waals surface area contributed by atoms with E-state index in [9.17, 15) is 4.79 Å². The number of hydrogen-bond donors (Lipinski definition) is 0. The Labute approximate surface area is 76.7 Å². The fourth-order valence-corrected chi connectivity index (χ4v) is 1.40. The number of cyclic esters (lactones) is 1. The molecule has 0 N–H and O–H groups in total. The Hall–Kier alpha value is -1.22. The SMILES string of the molecule is CCCCC1CC(N=[N+]=[N-])C(=O)O1. The van der Waals surface area contributed by atoms with Crippen molar-refractivity contribution in [2.75, 3.05) is 0 Å². The summed E-state index contributed by atoms with van der Waals surface area (Å²) in [6.45, 7) is 2.09. The molecule has 0 saturated carbocycles. The van der Waals surface area contributed by atoms with E-state index in [0.29, 0.717) is 6.42 Å². The van der Waals surface area contributed by atoms with E-state index in [1.165, 1.54) is 0 Å². The summed E-state index contributed by atoms with van der Waals surface area (Å²) in [5.41, 5.74) is 8.16. The quantitative estimate of drug-likeness (QED) is 0.290. The first-order chi connectivity index (χ1) is 6.27. The van der Waals surface area contributed by atoms with Gasteiger partial charge in [0.05, 0.1) is 0 Å². The van der Waals surface area contributed by atoms with Crippen molar-refractivity contribution in [3.8, 4) is 0 Å². The second kappa shape index (κ2) is 4.72. The highest BCUT2D eigenvalue weighted by atomic mass is 16.6. The first kappa shape index (κ1) is 9.86. The van der Waals surface area contributed by atoms with Gasteiger partial charge in [-0.05, 0) is 12.0 Å². The summed E-state index contributed by atoms with van der Waals surface area (Å²) in [5.74, 6) is -0.376. The molecule has 0 spiro atoms. The van der Waals surface area contributed by atoms with Gasteiger partial charge in [-0.25, -0.2) is 0 Å². The molecule has 1 rings (SSSR count). The fourth-order valence-electron chi connectivity index (χ4n) is 1.40. The highest BCUT2D eigenvalue weighted by Gasteiger charge is 2.32. The summed E-state index contributed by atoms with van der Waals surface area (Å²) in [4.78, 5) is 13.7. The molecule has 0 bridgehead atoms. The van der Waals surface area contributed by atoms with Crippen LogP contribution in [0.2, 0.25) is 0 Å². The van der Waals surface area contributed by atoms with E-state index in [1.807, 2.05) is 0 Å². The minimum absolute atomic E-state index is 0.0389. The number of carbonyl (C=O) groups is 1. The average Bonchev–Trinajstić information content (AvgIpc) is 2.45. The lowest BCUT2D eigenvalue weighted by molar-refractivity contribution is -0.142. The molecule has 0 aromatic heterocycles. The summed E-state index contributed by atoms with van der Waals surface area (Å²) >= 11 is 0. The van der Waals surface area contributed by atoms with Crippen molar-refractivity contribution in [3.05, 3.63) is 10.4 Å². The molecule has 72 valence electrons. The van der Waals surface area contributed by atoms with Crippen LogP contribution in [0.25, 0.3) is 10.4 Å². The van der Waals surface area contributed by atoms with E-state index in [1.54, 1.807) is 0 Å². The molecule has 5 nitrogen and oxygen atoms in total. The number of carbonyl (C=O) groups excluding carboxylic acids is 1. The van der Waals surface area contributed by atoms with Crippen LogP contribution in [0.15, 0.2) is 5.11 Å². The zero-order valence-electron chi connectivity index (χ0n) is 7.64. The Bertz CT molecular complexity index is 236. The predicted octanol–water partition coefficient (Wildman–Crippen LogP) is 2.17. The Kier molecular flexibility index (Phi) is 3.58. The molecule has 0 aliphatic carbocycles. The molecule has 1 aliphatic heterocycles. The van der Waals surface area contributed by atoms with Gasteiger partial charge in [0, 0.05) is 11.3 Å². The molecule has 2 unspecified atom stereocenters. The maximum absolute atomic E-state index is 11.1. The largest absolute Gasteiger partial charge is 0.462 e. The van der Waals surface area contributed by atoms with E-state index in [2.05, 4.69) is 16.9 Å². The molecule has 0 amide bonds. The topological polar surface area (TPSA) is 75.1 Å². The van der Waals surface area contributed by atoms with Crippen LogP contribution in [0.3, 0.4) is 0 Å². The van der Waals surface area contributed by atoms with Crippen LogP contribution in [0.1, 0.15) is 32.6 Å². The van der Waals surface area contributed by atoms with Crippen molar-refractivity contribution >= 4 is 5.97 Å². The van der Waals surface area contributed by atoms with Crippen LogP contribution in [0.4, 0.5) is 0 Å². The first-order valence-electron chi connectivity index (χ1n) is 4.52. The normalized spacial score (nSPS) is 26.7. The van der Waals surface area contributed by atoms with Crippen LogP contribution >= 0.6 is 0 Å². The van der Waals surface area contributed by atoms with Crippen molar-refractivity contribution in [2.45, 2.75) is 44.8 Å². The zero-order valence-corrected chi connectivity index (χ0v) is 7.64. The summed E-state index contributed by atoms with van der Waals surface area (Å²) < 4.78 is 5.02. The molecule has 1 heterocycles. The third-order valence-electron chi connectivity index (χ3n) is 2.11. The molecule has 1 saturated heterocycles. The summed E-state index contributed by atoms with van der Waals surface area (Å²) in [6.07, 6.45) is 3.51. The van der Waals surface area contributed by atoms with E-state index < -0.39 is 6.04 Å². The summed E-state index contributed by atoms with van der Waals surface area (Å²) in [6, 6.07) is -0.591. The molecule has 13 heavy (non-hydrogen) atoms. The number of nitrogens with zero attached hydrogens (tertiary/aromatic N) is 3. The lowest BCUT2D eigenvalue weighted by atomic mass is 10.1. The van der Waals surface area contributed by atoms with Gasteiger partial charge in [-0.15, -0.1) is 0 Å². The highest BCUT2D eigenvalue weighted by molar-refractivity contribution is 5.78. The van der Waals surface area contributed by atoms with Crippen molar-refractivity contribution in [3.63, 3.8) is 0 Å². The highest BCUT2D eigenvalue weighted by Crippen LogP contribution is 2.21. The number of rotatable bonds is 4. The number of hydrogen-bond acceptors (Lipinski definition) is 3. The minimum Gasteiger partial charge on any atom is -0.462 e. The smallest absolute Gasteiger partial charge is 0.315 e. The van der Waals surface area contributed by atoms with Crippen LogP contribution < -0.4 is 0 Å². The summed E-state index contributed by atoms with van der Waals surface area (Å²) in [7, 11) is 0. The van der Waals surface area contributed by atoms with Crippen molar-refractivity contribution in [2.24, 2.45) is 5.11 Å². The fraction of sp³-hybridized carbons (Fsp3) is 0.875. The Morgan fingerprint density at radius 3 is 3.15 bits per heavy atom. The maximum Gasteiger partial charge on any atom is 0.315 e. The van der Waals surface area contributed by atoms with Gasteiger partial charge in [0.1, 0.15) is 12.1 Å². The zero-order chi connectivity index (χ0) is 9.68. The van der Waals surface area contributed by atoms with Crippen molar-refractivity contribution < 1.29 is 9.53 Å². The molecular formula is C8H13N3O2. The van der Waals surface area contributed by atoms with Gasteiger partial charge in [-0.2, -0.15) is 0 Å². The third kappa shape index (κ3) is 2.63. The average molecular weight is 183 g/mol. The predicted molar refractivity (Wildman–Crippen MR) is 47.0 cm³/mol. The van der Waals surface area contributed by atoms with Crippen LogP contribution in [-0.2, 0) is 9.53 Å². The molecule has 5 heteroatoms. The number of unbranched alkanes of at least 4 members (excludes halogenated alkanes) is 1. The van der Waals surface area contributed by atoms with Gasteiger partial charge in [0.2, 0.25) is 0 Å². The first-order valence-corrected chi connectivity index (χ1v) is 4.52. The maximum atomic E-state index is 11.1. The molecule has 0 radical (unpaired) electrons. The molecule has 0 aromatic carbocycles. The number of azide groups is 1. The molecule has 1 fully saturated rings. The monoisotopic (exact) mass is 183 g/mol. The molecule has 2 atom stereocenters. The lowest BCUT2D eigenvalue weighted by Crippen LogP contribution is -2.09. The lowest BCUT2D eigenvalue weighted by Gasteiger charge is -2.06. The Morgan fingerprint density at radius 1 is 1.77 bits per heavy atom. The van der Waals surface area contributed by atoms with Crippen LogP contribution in [0, 0.1) is 0 Å². The summed E-state index contributed by atoms with van der Waals surface area (Å²) in [5, 5.41) is 3.37. The van der Waals surface area contributed by atoms with Crippen molar-refractivity contribution in [1.29, 1.82) is 0 Å². The van der Waals surface area contributed by atoms with E-state index in [4.69, 9.17) is 10.3 Å². The second-order valence-corrected chi connectivity index (χ2v) is 3.16. The van der Waals surface area contributed by atoms with E-state index in [0.717, 1.165) is 19.3 Å². The van der Waals surface area contributed by atoms with Crippen molar-refractivity contribution in [1.82, 2.24) is 0 Å². The Balaban J connectivity index is 2.40. The van der Waals surface area contributed by atoms with Crippen LogP contribution in [-0.4, -0.2) is 18.1 Å². The van der Waals surface area contributed by atoms with Gasteiger partial charge in [0.25, 0.3) is 0 Å². The van der Waals surface area contributed by atoms with E-state index in [-0.39, 0.29) is 12.1 Å². The van der Waals surface area contributed by atoms with Gasteiger partial charge < -0.3 is 4.74 Å². The second-order valence-electron chi connectivity index (χ2n) is 3.16. The van der Waals surface area contributed by atoms with Crippen LogP contribution in [0.5, 0.6) is 0 Å². The minimum atomic E-state index is -0.591. The third-order valence-corrected chi connectivity index (χ3v) is 2.11. The molecule has 0 aromatic rings.